The first-order valence-electron chi connectivity index (χ1n) is 6.12. The number of carbonyl (C=O) groups is 1. The van der Waals surface area contributed by atoms with Crippen molar-refractivity contribution in [1.29, 1.82) is 0 Å². The van der Waals surface area contributed by atoms with Gasteiger partial charge in [0.2, 0.25) is 0 Å². The molecule has 1 atom stereocenters. The van der Waals surface area contributed by atoms with Crippen molar-refractivity contribution in [3.63, 3.8) is 0 Å². The van der Waals surface area contributed by atoms with Gasteiger partial charge in [-0.25, -0.2) is 4.39 Å². The first kappa shape index (κ1) is 13.4. The number of rotatable bonds is 3. The summed E-state index contributed by atoms with van der Waals surface area (Å²) < 4.78 is 13.6. The molecule has 0 bridgehead atoms. The summed E-state index contributed by atoms with van der Waals surface area (Å²) >= 11 is 1.93. The van der Waals surface area contributed by atoms with Crippen LogP contribution in [0.25, 0.3) is 0 Å². The van der Waals surface area contributed by atoms with Gasteiger partial charge in [-0.15, -0.1) is 0 Å². The number of Topliss-reactive ketones (excluding diaryl/α,β-unsaturated/α-hetero) is 1. The van der Waals surface area contributed by atoms with E-state index in [1.807, 2.05) is 18.8 Å². The smallest absolute Gasteiger partial charge is 0.161 e. The number of aryl methyl sites for hydroxylation is 1. The molecule has 0 N–H and O–H groups in total. The highest BCUT2D eigenvalue weighted by atomic mass is 32.2. The Morgan fingerprint density at radius 1 is 1.50 bits per heavy atom. The largest absolute Gasteiger partial charge is 0.370 e. The summed E-state index contributed by atoms with van der Waals surface area (Å²) in [5.41, 5.74) is 1.93. The van der Waals surface area contributed by atoms with E-state index in [0.29, 0.717) is 17.2 Å². The van der Waals surface area contributed by atoms with Gasteiger partial charge >= 0.3 is 0 Å². The fourth-order valence-corrected chi connectivity index (χ4v) is 3.53. The van der Waals surface area contributed by atoms with E-state index in [2.05, 4.69) is 4.90 Å². The van der Waals surface area contributed by atoms with Gasteiger partial charge in [0.05, 0.1) is 0 Å². The lowest BCUT2D eigenvalue weighted by molar-refractivity contribution is 0.101. The number of hydrogen-bond acceptors (Lipinski definition) is 3. The van der Waals surface area contributed by atoms with E-state index >= 15 is 0 Å². The Morgan fingerprint density at radius 3 is 2.78 bits per heavy atom. The fraction of sp³-hybridized carbons (Fsp3) is 0.500. The minimum atomic E-state index is -0.307. The Labute approximate surface area is 112 Å². The molecule has 1 aliphatic rings. The maximum absolute atomic E-state index is 13.6. The number of hydrogen-bond donors (Lipinski definition) is 0. The first-order chi connectivity index (χ1) is 8.50. The lowest BCUT2D eigenvalue weighted by Crippen LogP contribution is -2.32. The van der Waals surface area contributed by atoms with Gasteiger partial charge in [-0.05, 0) is 43.7 Å². The normalized spacial score (nSPS) is 19.0. The summed E-state index contributed by atoms with van der Waals surface area (Å²) in [6.07, 6.45) is 1.12. The predicted octanol–water partition coefficient (Wildman–Crippen LogP) is 3.28. The summed E-state index contributed by atoms with van der Waals surface area (Å²) in [6, 6.07) is 3.60. The molecule has 1 aromatic carbocycles. The van der Waals surface area contributed by atoms with Gasteiger partial charge in [0.25, 0.3) is 0 Å². The summed E-state index contributed by atoms with van der Waals surface area (Å²) in [5, 5.41) is 0. The number of anilines is 1. The predicted molar refractivity (Wildman–Crippen MR) is 75.3 cm³/mol. The van der Waals surface area contributed by atoms with E-state index in [0.717, 1.165) is 23.6 Å². The van der Waals surface area contributed by atoms with Gasteiger partial charge in [-0.2, -0.15) is 11.8 Å². The number of carbonyl (C=O) groups excluding carboxylic acids is 1. The average Bonchev–Trinajstić information content (AvgIpc) is 2.84. The molecular weight excluding hydrogens is 249 g/mol. The van der Waals surface area contributed by atoms with Crippen molar-refractivity contribution in [2.75, 3.05) is 23.5 Å². The number of ketones is 1. The van der Waals surface area contributed by atoms with Crippen LogP contribution < -0.4 is 4.90 Å². The van der Waals surface area contributed by atoms with E-state index in [9.17, 15) is 9.18 Å². The van der Waals surface area contributed by atoms with Gasteiger partial charge in [0, 0.05) is 30.1 Å². The van der Waals surface area contributed by atoms with Gasteiger partial charge < -0.3 is 4.90 Å². The van der Waals surface area contributed by atoms with Crippen molar-refractivity contribution in [3.8, 4) is 0 Å². The highest BCUT2D eigenvalue weighted by Gasteiger charge is 2.23. The third-order valence-corrected chi connectivity index (χ3v) is 4.63. The van der Waals surface area contributed by atoms with Crippen LogP contribution in [0.5, 0.6) is 0 Å². The first-order valence-corrected chi connectivity index (χ1v) is 7.28. The molecule has 2 nitrogen and oxygen atoms in total. The SMILES string of the molecule is CC(=O)c1cc(F)c(C)cc1N(C)C1CCSC1. The second-order valence-electron chi connectivity index (χ2n) is 4.80. The zero-order chi connectivity index (χ0) is 13.3. The minimum Gasteiger partial charge on any atom is -0.370 e. The molecule has 98 valence electrons. The molecule has 0 saturated carbocycles. The summed E-state index contributed by atoms with van der Waals surface area (Å²) in [5.74, 6) is 1.84. The standard InChI is InChI=1S/C14H18FNOS/c1-9-6-14(12(10(2)17)7-13(9)15)16(3)11-4-5-18-8-11/h6-7,11H,4-5,8H2,1-3H3. The van der Waals surface area contributed by atoms with Crippen molar-refractivity contribution in [3.05, 3.63) is 29.1 Å². The summed E-state index contributed by atoms with van der Waals surface area (Å²) in [7, 11) is 2.00. The lowest BCUT2D eigenvalue weighted by atomic mass is 10.0. The molecule has 1 aliphatic heterocycles. The maximum atomic E-state index is 13.6. The molecule has 0 radical (unpaired) electrons. The van der Waals surface area contributed by atoms with Crippen LogP contribution in [0.2, 0.25) is 0 Å². The molecule has 1 fully saturated rings. The van der Waals surface area contributed by atoms with Crippen LogP contribution in [-0.4, -0.2) is 30.4 Å². The second-order valence-corrected chi connectivity index (χ2v) is 5.95. The Kier molecular flexibility index (Phi) is 3.95. The Morgan fingerprint density at radius 2 is 2.22 bits per heavy atom. The highest BCUT2D eigenvalue weighted by Crippen LogP contribution is 2.30. The molecule has 0 amide bonds. The lowest BCUT2D eigenvalue weighted by Gasteiger charge is -2.28. The molecule has 18 heavy (non-hydrogen) atoms. The van der Waals surface area contributed by atoms with Crippen molar-refractivity contribution < 1.29 is 9.18 Å². The van der Waals surface area contributed by atoms with Gasteiger partial charge in [0.1, 0.15) is 5.82 Å². The third kappa shape index (κ3) is 2.53. The molecule has 1 aromatic rings. The summed E-state index contributed by atoms with van der Waals surface area (Å²) in [4.78, 5) is 13.8. The zero-order valence-electron chi connectivity index (χ0n) is 11.0. The Bertz CT molecular complexity index is 469. The van der Waals surface area contributed by atoms with E-state index in [-0.39, 0.29) is 11.6 Å². The van der Waals surface area contributed by atoms with Crippen molar-refractivity contribution >= 4 is 23.2 Å². The zero-order valence-corrected chi connectivity index (χ0v) is 11.8. The van der Waals surface area contributed by atoms with E-state index in [1.54, 1.807) is 13.0 Å². The molecule has 0 aliphatic carbocycles. The van der Waals surface area contributed by atoms with Gasteiger partial charge in [-0.3, -0.25) is 4.79 Å². The number of benzene rings is 1. The Balaban J connectivity index is 2.41. The van der Waals surface area contributed by atoms with Crippen LogP contribution in [-0.2, 0) is 0 Å². The highest BCUT2D eigenvalue weighted by molar-refractivity contribution is 7.99. The number of halogens is 1. The van der Waals surface area contributed by atoms with Crippen LogP contribution in [0.4, 0.5) is 10.1 Å². The quantitative estimate of drug-likeness (QED) is 0.784. The number of thioether (sulfide) groups is 1. The van der Waals surface area contributed by atoms with Crippen LogP contribution >= 0.6 is 11.8 Å². The molecule has 0 spiro atoms. The number of nitrogens with zero attached hydrogens (tertiary/aromatic N) is 1. The van der Waals surface area contributed by atoms with Crippen LogP contribution in [0.1, 0.15) is 29.3 Å². The second kappa shape index (κ2) is 5.31. The maximum Gasteiger partial charge on any atom is 0.161 e. The Hall–Kier alpha value is -1.03. The fourth-order valence-electron chi connectivity index (χ4n) is 2.26. The molecule has 0 aromatic heterocycles. The molecule has 1 saturated heterocycles. The van der Waals surface area contributed by atoms with Crippen LogP contribution in [0, 0.1) is 12.7 Å². The molecule has 1 unspecified atom stereocenters. The van der Waals surface area contributed by atoms with Gasteiger partial charge in [0.15, 0.2) is 5.78 Å². The third-order valence-electron chi connectivity index (χ3n) is 3.49. The van der Waals surface area contributed by atoms with E-state index < -0.39 is 0 Å². The van der Waals surface area contributed by atoms with Crippen LogP contribution in [0.3, 0.4) is 0 Å². The summed E-state index contributed by atoms with van der Waals surface area (Å²) in [6.45, 7) is 3.23. The minimum absolute atomic E-state index is 0.0820. The van der Waals surface area contributed by atoms with Crippen molar-refractivity contribution in [1.82, 2.24) is 0 Å². The average molecular weight is 267 g/mol. The van der Waals surface area contributed by atoms with Crippen molar-refractivity contribution in [2.45, 2.75) is 26.3 Å². The van der Waals surface area contributed by atoms with Crippen LogP contribution in [0.15, 0.2) is 12.1 Å². The van der Waals surface area contributed by atoms with Gasteiger partial charge in [-0.1, -0.05) is 0 Å². The molecular formula is C14H18FNOS. The molecule has 4 heteroatoms. The monoisotopic (exact) mass is 267 g/mol. The van der Waals surface area contributed by atoms with E-state index in [1.165, 1.54) is 13.0 Å². The topological polar surface area (TPSA) is 20.3 Å². The van der Waals surface area contributed by atoms with Crippen molar-refractivity contribution in [2.24, 2.45) is 0 Å². The molecule has 2 rings (SSSR count). The molecule has 1 heterocycles. The van der Waals surface area contributed by atoms with E-state index in [4.69, 9.17) is 0 Å².